The van der Waals surface area contributed by atoms with Crippen LogP contribution in [0.2, 0.25) is 0 Å². The number of nitrogen functional groups attached to an aromatic ring is 1. The molecule has 8 heteroatoms. The molecule has 0 unspecified atom stereocenters. The number of benzene rings is 1. The largest absolute Gasteiger partial charge is 0.493 e. The first kappa shape index (κ1) is 13.2. The van der Waals surface area contributed by atoms with Crippen LogP contribution in [-0.2, 0) is 6.18 Å². The lowest BCUT2D eigenvalue weighted by Gasteiger charge is -2.13. The number of nitrogens with zero attached hydrogens (tertiary/aromatic N) is 2. The molecule has 0 amide bonds. The normalized spacial score (nSPS) is 11.6. The van der Waals surface area contributed by atoms with Crippen LogP contribution in [0.1, 0.15) is 5.82 Å². The molecule has 0 radical (unpaired) electrons. The Labute approximate surface area is 106 Å². The van der Waals surface area contributed by atoms with Gasteiger partial charge >= 0.3 is 6.18 Å². The predicted octanol–water partition coefficient (Wildman–Crippen LogP) is 2.25. The molecule has 1 aromatic carbocycles. The molecular formula is C11H10F3N3O2. The molecule has 0 saturated heterocycles. The molecule has 0 aliphatic carbocycles. The molecule has 2 N–H and O–H groups in total. The highest BCUT2D eigenvalue weighted by Gasteiger charge is 2.36. The molecule has 0 atom stereocenters. The summed E-state index contributed by atoms with van der Waals surface area (Å²) in [5, 5.41) is 0.269. The van der Waals surface area contributed by atoms with Gasteiger partial charge in [0.1, 0.15) is 11.3 Å². The first-order chi connectivity index (χ1) is 8.88. The second kappa shape index (κ2) is 4.45. The van der Waals surface area contributed by atoms with Crippen molar-refractivity contribution >= 4 is 16.7 Å². The Bertz CT molecular complexity index is 629. The average Bonchev–Trinajstić information content (AvgIpc) is 2.36. The highest BCUT2D eigenvalue weighted by atomic mass is 19.4. The van der Waals surface area contributed by atoms with Gasteiger partial charge in [-0.25, -0.2) is 9.97 Å². The van der Waals surface area contributed by atoms with E-state index in [0.717, 1.165) is 0 Å². The van der Waals surface area contributed by atoms with E-state index < -0.39 is 12.0 Å². The van der Waals surface area contributed by atoms with E-state index in [2.05, 4.69) is 9.97 Å². The van der Waals surface area contributed by atoms with Gasteiger partial charge in [0.05, 0.1) is 14.2 Å². The van der Waals surface area contributed by atoms with Gasteiger partial charge in [-0.1, -0.05) is 0 Å². The number of aromatic nitrogens is 2. The third kappa shape index (κ3) is 2.20. The Balaban J connectivity index is 2.83. The number of hydrogen-bond acceptors (Lipinski definition) is 5. The van der Waals surface area contributed by atoms with Crippen LogP contribution in [0.3, 0.4) is 0 Å². The molecule has 0 spiro atoms. The van der Waals surface area contributed by atoms with Crippen molar-refractivity contribution in [1.29, 1.82) is 0 Å². The highest BCUT2D eigenvalue weighted by Crippen LogP contribution is 2.37. The van der Waals surface area contributed by atoms with Gasteiger partial charge in [0.25, 0.3) is 0 Å². The lowest BCUT2D eigenvalue weighted by Crippen LogP contribution is -2.13. The van der Waals surface area contributed by atoms with Gasteiger partial charge in [-0.2, -0.15) is 13.2 Å². The summed E-state index contributed by atoms with van der Waals surface area (Å²) in [6.45, 7) is 0. The van der Waals surface area contributed by atoms with Gasteiger partial charge in [0.2, 0.25) is 5.82 Å². The molecule has 0 bridgehead atoms. The molecule has 1 heterocycles. The van der Waals surface area contributed by atoms with Gasteiger partial charge in [0.15, 0.2) is 11.5 Å². The van der Waals surface area contributed by atoms with E-state index in [1.165, 1.54) is 26.4 Å². The minimum Gasteiger partial charge on any atom is -0.493 e. The second-order valence-electron chi connectivity index (χ2n) is 3.63. The van der Waals surface area contributed by atoms with Crippen molar-refractivity contribution in [3.05, 3.63) is 18.0 Å². The van der Waals surface area contributed by atoms with E-state index in [-0.39, 0.29) is 28.2 Å². The van der Waals surface area contributed by atoms with Crippen molar-refractivity contribution in [1.82, 2.24) is 9.97 Å². The van der Waals surface area contributed by atoms with Crippen molar-refractivity contribution < 1.29 is 22.6 Å². The minimum atomic E-state index is -4.68. The average molecular weight is 273 g/mol. The third-order valence-corrected chi connectivity index (χ3v) is 2.49. The van der Waals surface area contributed by atoms with Crippen LogP contribution in [0, 0.1) is 0 Å². The SMILES string of the molecule is COc1ccc2c(N)nc(C(F)(F)F)nc2c1OC. The lowest BCUT2D eigenvalue weighted by molar-refractivity contribution is -0.144. The monoisotopic (exact) mass is 273 g/mol. The maximum atomic E-state index is 12.7. The van der Waals surface area contributed by atoms with Crippen molar-refractivity contribution in [2.75, 3.05) is 20.0 Å². The van der Waals surface area contributed by atoms with E-state index >= 15 is 0 Å². The van der Waals surface area contributed by atoms with Crippen LogP contribution in [-0.4, -0.2) is 24.2 Å². The lowest BCUT2D eigenvalue weighted by atomic mass is 10.2. The maximum Gasteiger partial charge on any atom is 0.451 e. The zero-order chi connectivity index (χ0) is 14.2. The Hall–Kier alpha value is -2.25. The van der Waals surface area contributed by atoms with E-state index in [0.29, 0.717) is 0 Å². The van der Waals surface area contributed by atoms with E-state index in [1.807, 2.05) is 0 Å². The number of ether oxygens (including phenoxy) is 2. The van der Waals surface area contributed by atoms with Crippen molar-refractivity contribution in [2.45, 2.75) is 6.18 Å². The number of nitrogens with two attached hydrogens (primary N) is 1. The smallest absolute Gasteiger partial charge is 0.451 e. The predicted molar refractivity (Wildman–Crippen MR) is 62.1 cm³/mol. The van der Waals surface area contributed by atoms with Crippen LogP contribution in [0.15, 0.2) is 12.1 Å². The maximum absolute atomic E-state index is 12.7. The molecule has 102 valence electrons. The van der Waals surface area contributed by atoms with Crippen LogP contribution in [0.4, 0.5) is 19.0 Å². The number of methoxy groups -OCH3 is 2. The summed E-state index contributed by atoms with van der Waals surface area (Å²) in [5.74, 6) is -1.23. The van der Waals surface area contributed by atoms with E-state index in [1.54, 1.807) is 0 Å². The molecule has 2 rings (SSSR count). The summed E-state index contributed by atoms with van der Waals surface area (Å²) in [5.41, 5.74) is 5.48. The standard InChI is InChI=1S/C11H10F3N3O2/c1-18-6-4-3-5-7(8(6)19-2)16-10(11(12,13)14)17-9(5)15/h3-4H,1-2H3,(H2,15,16,17). The number of hydrogen-bond donors (Lipinski definition) is 1. The summed E-state index contributed by atoms with van der Waals surface area (Å²) in [6, 6.07) is 3.00. The number of halogens is 3. The number of anilines is 1. The molecule has 19 heavy (non-hydrogen) atoms. The number of rotatable bonds is 2. The first-order valence-electron chi connectivity index (χ1n) is 5.14. The van der Waals surface area contributed by atoms with Gasteiger partial charge in [-0.15, -0.1) is 0 Å². The number of alkyl halides is 3. The molecule has 1 aromatic heterocycles. The molecule has 0 aliphatic rings. The molecule has 2 aromatic rings. The Morgan fingerprint density at radius 1 is 1.11 bits per heavy atom. The molecular weight excluding hydrogens is 263 g/mol. The zero-order valence-electron chi connectivity index (χ0n) is 10.1. The topological polar surface area (TPSA) is 70.3 Å². The Morgan fingerprint density at radius 2 is 1.79 bits per heavy atom. The zero-order valence-corrected chi connectivity index (χ0v) is 10.1. The first-order valence-corrected chi connectivity index (χ1v) is 5.14. The fourth-order valence-electron chi connectivity index (χ4n) is 1.66. The summed E-state index contributed by atoms with van der Waals surface area (Å²) in [4.78, 5) is 6.71. The van der Waals surface area contributed by atoms with Crippen molar-refractivity contribution in [3.63, 3.8) is 0 Å². The van der Waals surface area contributed by atoms with Crippen LogP contribution < -0.4 is 15.2 Å². The van der Waals surface area contributed by atoms with Crippen molar-refractivity contribution in [2.24, 2.45) is 0 Å². The molecule has 0 fully saturated rings. The van der Waals surface area contributed by atoms with E-state index in [4.69, 9.17) is 15.2 Å². The third-order valence-electron chi connectivity index (χ3n) is 2.49. The number of fused-ring (bicyclic) bond motifs is 1. The van der Waals surface area contributed by atoms with Gasteiger partial charge in [0, 0.05) is 5.39 Å². The summed E-state index contributed by atoms with van der Waals surface area (Å²) >= 11 is 0. The molecule has 5 nitrogen and oxygen atoms in total. The summed E-state index contributed by atoms with van der Waals surface area (Å²) < 4.78 is 48.0. The minimum absolute atomic E-state index is 0.0401. The van der Waals surface area contributed by atoms with Gasteiger partial charge in [-0.3, -0.25) is 0 Å². The Kier molecular flexibility index (Phi) is 3.09. The van der Waals surface area contributed by atoms with Crippen LogP contribution >= 0.6 is 0 Å². The van der Waals surface area contributed by atoms with Crippen LogP contribution in [0.5, 0.6) is 11.5 Å². The van der Waals surface area contributed by atoms with Crippen LogP contribution in [0.25, 0.3) is 10.9 Å². The quantitative estimate of drug-likeness (QED) is 0.908. The fourth-order valence-corrected chi connectivity index (χ4v) is 1.66. The van der Waals surface area contributed by atoms with Gasteiger partial charge < -0.3 is 15.2 Å². The second-order valence-corrected chi connectivity index (χ2v) is 3.63. The molecule has 0 aliphatic heterocycles. The van der Waals surface area contributed by atoms with Crippen molar-refractivity contribution in [3.8, 4) is 11.5 Å². The fraction of sp³-hybridized carbons (Fsp3) is 0.273. The molecule has 0 saturated carbocycles. The highest BCUT2D eigenvalue weighted by molar-refractivity contribution is 5.94. The Morgan fingerprint density at radius 3 is 2.32 bits per heavy atom. The summed E-state index contributed by atoms with van der Waals surface area (Å²) in [7, 11) is 2.68. The van der Waals surface area contributed by atoms with E-state index in [9.17, 15) is 13.2 Å². The van der Waals surface area contributed by atoms with Gasteiger partial charge in [-0.05, 0) is 12.1 Å². The summed E-state index contributed by atoms with van der Waals surface area (Å²) in [6.07, 6.45) is -4.68.